The predicted molar refractivity (Wildman–Crippen MR) is 272 cm³/mol. The van der Waals surface area contributed by atoms with Crippen LogP contribution in [-0.2, 0) is 0 Å². The number of fused-ring (bicyclic) bond motifs is 9. The number of para-hydroxylation sites is 6. The van der Waals surface area contributed by atoms with Crippen LogP contribution in [0.3, 0.4) is 0 Å². The van der Waals surface area contributed by atoms with E-state index in [1.165, 1.54) is 36.5 Å². The average molecular weight is 835 g/mol. The summed E-state index contributed by atoms with van der Waals surface area (Å²) in [7, 11) is 0. The Bertz CT molecular complexity index is 3860. The molecular weight excluding hydrogens is 797 g/mol. The molecule has 13 aromatic rings. The average Bonchev–Trinajstić information content (AvgIpc) is 4.05. The van der Waals surface area contributed by atoms with Crippen molar-refractivity contribution in [1.29, 1.82) is 0 Å². The number of hydrogen-bond acceptors (Lipinski definition) is 3. The Balaban J connectivity index is 1.14. The molecule has 0 amide bonds. The maximum atomic E-state index is 7.26. The number of hydrogen-bond donors (Lipinski definition) is 0. The predicted octanol–water partition coefficient (Wildman–Crippen LogP) is 17.5. The van der Waals surface area contributed by atoms with Gasteiger partial charge in [0.05, 0.1) is 33.8 Å². The van der Waals surface area contributed by atoms with Gasteiger partial charge in [-0.15, -0.1) is 11.3 Å². The minimum absolute atomic E-state index is 0.827. The van der Waals surface area contributed by atoms with Crippen molar-refractivity contribution in [2.45, 2.75) is 0 Å². The Morgan fingerprint density at radius 3 is 1.67 bits per heavy atom. The van der Waals surface area contributed by atoms with Crippen molar-refractivity contribution >= 4 is 92.3 Å². The molecule has 4 heteroatoms. The maximum Gasteiger partial charge on any atom is 0.159 e. The highest BCUT2D eigenvalue weighted by Crippen LogP contribution is 2.51. The van der Waals surface area contributed by atoms with E-state index in [9.17, 15) is 0 Å². The van der Waals surface area contributed by atoms with Crippen molar-refractivity contribution in [1.82, 2.24) is 4.57 Å². The third-order valence-electron chi connectivity index (χ3n) is 12.8. The van der Waals surface area contributed by atoms with Crippen molar-refractivity contribution in [3.05, 3.63) is 231 Å². The lowest BCUT2D eigenvalue weighted by Crippen LogP contribution is -2.14. The molecule has 0 aliphatic carbocycles. The molecule has 0 saturated heterocycles. The van der Waals surface area contributed by atoms with Crippen LogP contribution >= 0.6 is 11.3 Å². The van der Waals surface area contributed by atoms with Crippen LogP contribution in [0.5, 0.6) is 0 Å². The largest absolute Gasteiger partial charge is 0.453 e. The van der Waals surface area contributed by atoms with Gasteiger partial charge in [-0.25, -0.2) is 0 Å². The SMILES string of the molecule is c1ccc(-c2c(-c3ccc4sc5ccccc5c4c3)cccc2N(c2ccccc2-n2c3ccccc3c3ccccc32)c2cccc3c2oc2c(-c4ccccc4)cccc23)cc1. The lowest BCUT2D eigenvalue weighted by molar-refractivity contribution is 0.670. The summed E-state index contributed by atoms with van der Waals surface area (Å²) in [5.41, 5.74) is 14.9. The molecule has 0 atom stereocenters. The minimum atomic E-state index is 0.827. The highest BCUT2D eigenvalue weighted by molar-refractivity contribution is 7.25. The number of anilines is 3. The summed E-state index contributed by atoms with van der Waals surface area (Å²) in [5.74, 6) is 0. The van der Waals surface area contributed by atoms with E-state index in [0.29, 0.717) is 0 Å². The van der Waals surface area contributed by atoms with Gasteiger partial charge in [-0.3, -0.25) is 0 Å². The summed E-state index contributed by atoms with van der Waals surface area (Å²) in [6, 6.07) is 83.4. The highest BCUT2D eigenvalue weighted by atomic mass is 32.1. The topological polar surface area (TPSA) is 21.3 Å². The second kappa shape index (κ2) is 14.7. The van der Waals surface area contributed by atoms with Gasteiger partial charge in [-0.2, -0.15) is 0 Å². The number of nitrogens with zero attached hydrogens (tertiary/aromatic N) is 2. The Hall–Kier alpha value is -8.18. The van der Waals surface area contributed by atoms with Crippen LogP contribution in [0.25, 0.3) is 103 Å². The zero-order valence-electron chi connectivity index (χ0n) is 34.7. The number of rotatable bonds is 7. The van der Waals surface area contributed by atoms with E-state index >= 15 is 0 Å². The molecule has 300 valence electrons. The summed E-state index contributed by atoms with van der Waals surface area (Å²) in [6.07, 6.45) is 0. The number of benzene rings is 10. The molecule has 0 unspecified atom stereocenters. The fourth-order valence-electron chi connectivity index (χ4n) is 10.0. The fourth-order valence-corrected chi connectivity index (χ4v) is 11.1. The maximum absolute atomic E-state index is 7.26. The molecule has 0 bridgehead atoms. The third-order valence-corrected chi connectivity index (χ3v) is 14.0. The van der Waals surface area contributed by atoms with Gasteiger partial charge in [0.2, 0.25) is 0 Å². The lowest BCUT2D eigenvalue weighted by atomic mass is 9.91. The van der Waals surface area contributed by atoms with E-state index < -0.39 is 0 Å². The van der Waals surface area contributed by atoms with Gasteiger partial charge in [-0.1, -0.05) is 176 Å². The van der Waals surface area contributed by atoms with E-state index in [1.54, 1.807) is 0 Å². The monoisotopic (exact) mass is 834 g/mol. The standard InChI is InChI=1S/C60H38N2OS/c1-3-18-39(19-4-1)43-26-15-27-47-48-28-17-34-55(60(48)63-59(43)47)62(53-32-13-12-31-52(53)61-50-29-10-7-22-44(50)45-23-8-11-30-51(45)61)54-33-16-25-42(58(54)40-20-5-2-6-21-40)41-36-37-57-49(38-41)46-24-9-14-35-56(46)64-57/h1-38H. The second-order valence-electron chi connectivity index (χ2n) is 16.4. The first-order chi connectivity index (χ1) is 31.8. The van der Waals surface area contributed by atoms with Gasteiger partial charge < -0.3 is 13.9 Å². The van der Waals surface area contributed by atoms with Crippen LogP contribution in [0.4, 0.5) is 17.1 Å². The molecule has 64 heavy (non-hydrogen) atoms. The normalized spacial score (nSPS) is 11.8. The highest BCUT2D eigenvalue weighted by Gasteiger charge is 2.27. The first-order valence-electron chi connectivity index (χ1n) is 21.8. The van der Waals surface area contributed by atoms with E-state index in [4.69, 9.17) is 4.42 Å². The minimum Gasteiger partial charge on any atom is -0.453 e. The summed E-state index contributed by atoms with van der Waals surface area (Å²) in [4.78, 5) is 2.45. The Labute approximate surface area is 373 Å². The molecule has 0 aliphatic rings. The molecule has 0 aliphatic heterocycles. The van der Waals surface area contributed by atoms with Crippen LogP contribution in [0.1, 0.15) is 0 Å². The lowest BCUT2D eigenvalue weighted by Gasteiger charge is -2.31. The number of thiophene rings is 1. The van der Waals surface area contributed by atoms with Crippen molar-refractivity contribution in [3.8, 4) is 39.1 Å². The molecule has 0 radical (unpaired) electrons. The van der Waals surface area contributed by atoms with Gasteiger partial charge in [0.25, 0.3) is 0 Å². The summed E-state index contributed by atoms with van der Waals surface area (Å²) in [5, 5.41) is 7.15. The molecule has 3 aromatic heterocycles. The number of aromatic nitrogens is 1. The van der Waals surface area contributed by atoms with E-state index in [2.05, 4.69) is 240 Å². The van der Waals surface area contributed by atoms with Crippen molar-refractivity contribution in [3.63, 3.8) is 0 Å². The summed E-state index contributed by atoms with van der Waals surface area (Å²) in [6.45, 7) is 0. The van der Waals surface area contributed by atoms with Crippen molar-refractivity contribution < 1.29 is 4.42 Å². The van der Waals surface area contributed by atoms with Gasteiger partial charge in [0, 0.05) is 52.8 Å². The second-order valence-corrected chi connectivity index (χ2v) is 17.5. The summed E-state index contributed by atoms with van der Waals surface area (Å²) >= 11 is 1.85. The van der Waals surface area contributed by atoms with Gasteiger partial charge in [0.1, 0.15) is 5.58 Å². The first kappa shape index (κ1) is 36.5. The molecule has 3 nitrogen and oxygen atoms in total. The summed E-state index contributed by atoms with van der Waals surface area (Å²) < 4.78 is 12.3. The Morgan fingerprint density at radius 2 is 0.891 bits per heavy atom. The molecule has 0 saturated carbocycles. The quantitative estimate of drug-likeness (QED) is 0.159. The van der Waals surface area contributed by atoms with Gasteiger partial charge >= 0.3 is 0 Å². The van der Waals surface area contributed by atoms with Crippen LogP contribution in [0.2, 0.25) is 0 Å². The Morgan fingerprint density at radius 1 is 0.344 bits per heavy atom. The fraction of sp³-hybridized carbons (Fsp3) is 0. The van der Waals surface area contributed by atoms with Crippen molar-refractivity contribution in [2.75, 3.05) is 4.90 Å². The van der Waals surface area contributed by atoms with E-state index in [-0.39, 0.29) is 0 Å². The molecule has 0 N–H and O–H groups in total. The van der Waals surface area contributed by atoms with E-state index in [1.807, 2.05) is 11.3 Å². The zero-order chi connectivity index (χ0) is 42.1. The van der Waals surface area contributed by atoms with Crippen LogP contribution in [0, 0.1) is 0 Å². The smallest absolute Gasteiger partial charge is 0.159 e. The molecule has 13 rings (SSSR count). The molecule has 10 aromatic carbocycles. The van der Waals surface area contributed by atoms with Crippen LogP contribution in [0.15, 0.2) is 235 Å². The Kier molecular flexibility index (Phi) is 8.40. The molecule has 3 heterocycles. The van der Waals surface area contributed by atoms with Crippen molar-refractivity contribution in [2.24, 2.45) is 0 Å². The first-order valence-corrected chi connectivity index (χ1v) is 22.6. The molecular formula is C60H38N2OS. The zero-order valence-corrected chi connectivity index (χ0v) is 35.5. The van der Waals surface area contributed by atoms with E-state index in [0.717, 1.165) is 83.5 Å². The van der Waals surface area contributed by atoms with Crippen LogP contribution in [-0.4, -0.2) is 4.57 Å². The van der Waals surface area contributed by atoms with Crippen LogP contribution < -0.4 is 4.90 Å². The van der Waals surface area contributed by atoms with Gasteiger partial charge in [-0.05, 0) is 76.9 Å². The number of furan rings is 1. The third kappa shape index (κ3) is 5.66. The molecule has 0 fully saturated rings. The van der Waals surface area contributed by atoms with Gasteiger partial charge in [0.15, 0.2) is 5.58 Å². The molecule has 0 spiro atoms.